The molecule has 0 saturated carbocycles. The Morgan fingerprint density at radius 1 is 1.53 bits per heavy atom. The molecule has 0 aromatic rings. The van der Waals surface area contributed by atoms with Crippen LogP contribution in [0.25, 0.3) is 0 Å². The molecule has 1 heterocycles. The van der Waals surface area contributed by atoms with Crippen molar-refractivity contribution in [1.29, 1.82) is 0 Å². The van der Waals surface area contributed by atoms with E-state index in [0.717, 1.165) is 9.38 Å². The quantitative estimate of drug-likeness (QED) is 0.676. The maximum absolute atomic E-state index is 12.6. The molecule has 7 heteroatoms. The van der Waals surface area contributed by atoms with Gasteiger partial charge in [0.2, 0.25) is 6.04 Å². The highest BCUT2D eigenvalue weighted by atomic mass is 79.9. The Morgan fingerprint density at radius 2 is 2.18 bits per heavy atom. The number of fused-ring (bicyclic) bond motifs is 1. The van der Waals surface area contributed by atoms with Crippen LogP contribution in [-0.4, -0.2) is 35.8 Å². The second-order valence-corrected chi connectivity index (χ2v) is 4.76. The molecule has 0 spiro atoms. The molecule has 0 aromatic carbocycles. The predicted octanol–water partition coefficient (Wildman–Crippen LogP) is 2.40. The van der Waals surface area contributed by atoms with Crippen molar-refractivity contribution in [2.45, 2.75) is 18.6 Å². The summed E-state index contributed by atoms with van der Waals surface area (Å²) in [5.74, 6) is -1.04. The van der Waals surface area contributed by atoms with Gasteiger partial charge in [-0.25, -0.2) is 0 Å². The lowest BCUT2D eigenvalue weighted by molar-refractivity contribution is -0.168. The fraction of sp³-hybridized carbons (Fsp3) is 0.400. The normalized spacial score (nSPS) is 25.0. The Labute approximate surface area is 104 Å². The molecule has 1 aliphatic heterocycles. The Bertz CT molecular complexity index is 465. The van der Waals surface area contributed by atoms with Crippen LogP contribution in [-0.2, 0) is 4.79 Å². The molecule has 0 saturated heterocycles. The number of allylic oxidation sites excluding steroid dienone is 3. The first-order valence-corrected chi connectivity index (χ1v) is 5.58. The Kier molecular flexibility index (Phi) is 2.89. The largest absolute Gasteiger partial charge is 0.419 e. The SMILES string of the molecule is CN1C(=O)C(C(F)(F)F)N=C2C=C(Br)CC=C21. The average Bonchev–Trinajstić information content (AvgIpc) is 2.21. The van der Waals surface area contributed by atoms with Crippen LogP contribution in [0.3, 0.4) is 0 Å². The smallest absolute Gasteiger partial charge is 0.312 e. The first-order chi connectivity index (χ1) is 7.80. The molecule has 0 fully saturated rings. The van der Waals surface area contributed by atoms with Gasteiger partial charge in [0.05, 0.1) is 11.4 Å². The van der Waals surface area contributed by atoms with E-state index in [1.807, 2.05) is 0 Å². The van der Waals surface area contributed by atoms with Crippen molar-refractivity contribution < 1.29 is 18.0 Å². The zero-order chi connectivity index (χ0) is 12.8. The van der Waals surface area contributed by atoms with Crippen molar-refractivity contribution >= 4 is 27.5 Å². The number of rotatable bonds is 0. The molecule has 2 aliphatic rings. The van der Waals surface area contributed by atoms with E-state index in [1.165, 1.54) is 13.1 Å². The summed E-state index contributed by atoms with van der Waals surface area (Å²) in [5.41, 5.74) is 0.617. The van der Waals surface area contributed by atoms with Gasteiger partial charge in [-0.2, -0.15) is 13.2 Å². The van der Waals surface area contributed by atoms with Gasteiger partial charge in [-0.3, -0.25) is 9.79 Å². The highest BCUT2D eigenvalue weighted by molar-refractivity contribution is 9.11. The number of aliphatic imine (C=N–C) groups is 1. The third-order valence-electron chi connectivity index (χ3n) is 2.55. The first-order valence-electron chi connectivity index (χ1n) is 4.79. The highest BCUT2D eigenvalue weighted by Crippen LogP contribution is 2.32. The Balaban J connectivity index is 2.48. The molecule has 1 aliphatic carbocycles. The van der Waals surface area contributed by atoms with Gasteiger partial charge in [-0.05, 0) is 12.5 Å². The number of amides is 1. The van der Waals surface area contributed by atoms with E-state index in [0.29, 0.717) is 12.1 Å². The molecule has 3 nitrogen and oxygen atoms in total. The monoisotopic (exact) mass is 308 g/mol. The van der Waals surface area contributed by atoms with Gasteiger partial charge in [0.1, 0.15) is 0 Å². The molecule has 0 N–H and O–H groups in total. The van der Waals surface area contributed by atoms with Gasteiger partial charge in [0.25, 0.3) is 5.91 Å². The topological polar surface area (TPSA) is 32.7 Å². The zero-order valence-electron chi connectivity index (χ0n) is 8.75. The molecule has 0 radical (unpaired) electrons. The summed E-state index contributed by atoms with van der Waals surface area (Å²) in [6.07, 6.45) is -0.922. The number of hydrogen-bond donors (Lipinski definition) is 0. The Hall–Kier alpha value is -1.11. The van der Waals surface area contributed by atoms with Crippen molar-refractivity contribution in [2.75, 3.05) is 7.05 Å². The molecular weight excluding hydrogens is 301 g/mol. The lowest BCUT2D eigenvalue weighted by Crippen LogP contribution is -2.48. The van der Waals surface area contributed by atoms with E-state index in [9.17, 15) is 18.0 Å². The summed E-state index contributed by atoms with van der Waals surface area (Å²) in [4.78, 5) is 16.0. The lowest BCUT2D eigenvalue weighted by Gasteiger charge is -2.32. The molecule has 0 bridgehead atoms. The number of hydrogen-bond acceptors (Lipinski definition) is 2. The number of carbonyl (C=O) groups excluding carboxylic acids is 1. The van der Waals surface area contributed by atoms with Crippen molar-refractivity contribution in [3.8, 4) is 0 Å². The molecule has 1 amide bonds. The molecular formula is C10H8BrF3N2O. The van der Waals surface area contributed by atoms with Gasteiger partial charge < -0.3 is 4.90 Å². The second-order valence-electron chi connectivity index (χ2n) is 3.74. The van der Waals surface area contributed by atoms with Crippen molar-refractivity contribution in [1.82, 2.24) is 4.90 Å². The van der Waals surface area contributed by atoms with E-state index in [1.54, 1.807) is 6.08 Å². The summed E-state index contributed by atoms with van der Waals surface area (Å²) in [5, 5.41) is 0. The summed E-state index contributed by atoms with van der Waals surface area (Å²) in [7, 11) is 1.33. The number of likely N-dealkylation sites (N-methyl/N-ethyl adjacent to an activating group) is 1. The lowest BCUT2D eigenvalue weighted by atomic mass is 10.0. The fourth-order valence-corrected chi connectivity index (χ4v) is 2.08. The standard InChI is InChI=1S/C10H8BrF3N2O/c1-16-7-3-2-5(11)4-6(7)15-8(9(16)17)10(12,13)14/h3-4,8H,2H2,1H3. The summed E-state index contributed by atoms with van der Waals surface area (Å²) < 4.78 is 38.6. The van der Waals surface area contributed by atoms with Gasteiger partial charge in [-0.1, -0.05) is 22.0 Å². The van der Waals surface area contributed by atoms with Gasteiger partial charge in [0.15, 0.2) is 0 Å². The molecule has 0 aromatic heterocycles. The zero-order valence-corrected chi connectivity index (χ0v) is 10.3. The minimum absolute atomic E-state index is 0.188. The van der Waals surface area contributed by atoms with E-state index < -0.39 is 18.1 Å². The number of alkyl halides is 3. The number of nitrogens with zero attached hydrogens (tertiary/aromatic N) is 2. The van der Waals surface area contributed by atoms with Crippen LogP contribution in [0.4, 0.5) is 13.2 Å². The minimum atomic E-state index is -4.65. The van der Waals surface area contributed by atoms with Crippen molar-refractivity contribution in [3.05, 3.63) is 22.3 Å². The summed E-state index contributed by atoms with van der Waals surface area (Å²) >= 11 is 3.21. The van der Waals surface area contributed by atoms with Crippen LogP contribution in [0.1, 0.15) is 6.42 Å². The van der Waals surface area contributed by atoms with Crippen LogP contribution in [0.5, 0.6) is 0 Å². The van der Waals surface area contributed by atoms with Crippen LogP contribution < -0.4 is 0 Å². The van der Waals surface area contributed by atoms with Crippen LogP contribution in [0.2, 0.25) is 0 Å². The fourth-order valence-electron chi connectivity index (χ4n) is 1.70. The van der Waals surface area contributed by atoms with Crippen LogP contribution in [0, 0.1) is 0 Å². The third kappa shape index (κ3) is 2.15. The van der Waals surface area contributed by atoms with Gasteiger partial charge in [0, 0.05) is 11.5 Å². The van der Waals surface area contributed by atoms with Crippen LogP contribution in [0.15, 0.2) is 27.3 Å². The van der Waals surface area contributed by atoms with Crippen molar-refractivity contribution in [3.63, 3.8) is 0 Å². The maximum atomic E-state index is 12.6. The number of halogens is 4. The minimum Gasteiger partial charge on any atom is -0.312 e. The van der Waals surface area contributed by atoms with E-state index >= 15 is 0 Å². The van der Waals surface area contributed by atoms with Gasteiger partial charge >= 0.3 is 6.18 Å². The number of carbonyl (C=O) groups is 1. The van der Waals surface area contributed by atoms with Crippen molar-refractivity contribution in [2.24, 2.45) is 4.99 Å². The van der Waals surface area contributed by atoms with E-state index in [4.69, 9.17) is 0 Å². The molecule has 17 heavy (non-hydrogen) atoms. The maximum Gasteiger partial charge on any atom is 0.419 e. The van der Waals surface area contributed by atoms with Crippen LogP contribution >= 0.6 is 15.9 Å². The molecule has 1 atom stereocenters. The molecule has 92 valence electrons. The summed E-state index contributed by atoms with van der Waals surface area (Å²) in [6.45, 7) is 0. The first kappa shape index (κ1) is 12.3. The highest BCUT2D eigenvalue weighted by Gasteiger charge is 2.49. The average molecular weight is 309 g/mol. The predicted molar refractivity (Wildman–Crippen MR) is 59.8 cm³/mol. The van der Waals surface area contributed by atoms with E-state index in [2.05, 4.69) is 20.9 Å². The Morgan fingerprint density at radius 3 is 2.76 bits per heavy atom. The molecule has 2 rings (SSSR count). The second kappa shape index (κ2) is 3.97. The third-order valence-corrected chi connectivity index (χ3v) is 3.10. The summed E-state index contributed by atoms with van der Waals surface area (Å²) in [6, 6.07) is -2.30. The molecule has 1 unspecified atom stereocenters. The van der Waals surface area contributed by atoms with Gasteiger partial charge in [-0.15, -0.1) is 0 Å². The van der Waals surface area contributed by atoms with E-state index in [-0.39, 0.29) is 5.71 Å².